The highest BCUT2D eigenvalue weighted by Gasteiger charge is 2.38. The van der Waals surface area contributed by atoms with Crippen LogP contribution < -0.4 is 0 Å². The van der Waals surface area contributed by atoms with Gasteiger partial charge in [0.05, 0.1) is 11.5 Å². The average molecular weight is 170 g/mol. The molecule has 0 heterocycles. The van der Waals surface area contributed by atoms with Crippen LogP contribution in [0.3, 0.4) is 0 Å². The predicted octanol–water partition coefficient (Wildman–Crippen LogP) is 1.14. The van der Waals surface area contributed by atoms with Gasteiger partial charge in [-0.05, 0) is 19.9 Å². The number of hydrogen-bond acceptors (Lipinski definition) is 3. The van der Waals surface area contributed by atoms with E-state index in [9.17, 15) is 4.79 Å². The quantitative estimate of drug-likeness (QED) is 0.596. The first-order valence-corrected chi connectivity index (χ1v) is 3.92. The van der Waals surface area contributed by atoms with E-state index in [0.29, 0.717) is 0 Å². The lowest BCUT2D eigenvalue weighted by molar-refractivity contribution is -0.132. The highest BCUT2D eigenvalue weighted by Crippen LogP contribution is 2.31. The van der Waals surface area contributed by atoms with E-state index >= 15 is 0 Å². The normalized spacial score (nSPS) is 26.6. The molecular formula is C9H14O3. The summed E-state index contributed by atoms with van der Waals surface area (Å²) in [5, 5.41) is 0. The fraction of sp³-hybridized carbons (Fsp3) is 0.667. The molecule has 0 spiro atoms. The van der Waals surface area contributed by atoms with E-state index in [4.69, 9.17) is 9.47 Å². The zero-order valence-corrected chi connectivity index (χ0v) is 7.66. The number of carbonyl (C=O) groups is 1. The molecule has 1 atom stereocenters. The van der Waals surface area contributed by atoms with Crippen LogP contribution in [0.4, 0.5) is 0 Å². The van der Waals surface area contributed by atoms with Crippen LogP contribution in [0.5, 0.6) is 0 Å². The molecule has 1 aliphatic rings. The van der Waals surface area contributed by atoms with E-state index in [1.165, 1.54) is 0 Å². The van der Waals surface area contributed by atoms with E-state index in [-0.39, 0.29) is 18.7 Å². The number of ketones is 1. The molecule has 0 fully saturated rings. The minimum Gasteiger partial charge on any atom is -0.359 e. The van der Waals surface area contributed by atoms with Gasteiger partial charge in [0.15, 0.2) is 5.78 Å². The van der Waals surface area contributed by atoms with Crippen molar-refractivity contribution in [3.8, 4) is 0 Å². The smallest absolute Gasteiger partial charge is 0.163 e. The first-order valence-electron chi connectivity index (χ1n) is 3.92. The topological polar surface area (TPSA) is 35.5 Å². The number of hydrogen-bond donors (Lipinski definition) is 0. The van der Waals surface area contributed by atoms with Gasteiger partial charge < -0.3 is 9.47 Å². The van der Waals surface area contributed by atoms with Crippen molar-refractivity contribution in [2.24, 2.45) is 5.41 Å². The molecule has 68 valence electrons. The fourth-order valence-corrected chi connectivity index (χ4v) is 1.18. The molecule has 0 bridgehead atoms. The van der Waals surface area contributed by atoms with Gasteiger partial charge >= 0.3 is 0 Å². The minimum absolute atomic E-state index is 0.114. The van der Waals surface area contributed by atoms with E-state index in [1.807, 2.05) is 13.8 Å². The second-order valence-electron chi connectivity index (χ2n) is 3.44. The third-order valence-electron chi connectivity index (χ3n) is 2.13. The lowest BCUT2D eigenvalue weighted by atomic mass is 9.87. The van der Waals surface area contributed by atoms with Crippen molar-refractivity contribution in [3.63, 3.8) is 0 Å². The summed E-state index contributed by atoms with van der Waals surface area (Å²) < 4.78 is 10.1. The molecule has 1 unspecified atom stereocenters. The van der Waals surface area contributed by atoms with Crippen LogP contribution in [0, 0.1) is 5.41 Å². The molecule has 0 aromatic rings. The van der Waals surface area contributed by atoms with Gasteiger partial charge in [-0.3, -0.25) is 4.79 Å². The summed E-state index contributed by atoms with van der Waals surface area (Å²) in [6, 6.07) is 0. The van der Waals surface area contributed by atoms with Crippen molar-refractivity contribution in [1.29, 1.82) is 0 Å². The molecule has 0 saturated heterocycles. The summed E-state index contributed by atoms with van der Waals surface area (Å²) in [4.78, 5) is 11.3. The standard InChI is InChI=1S/C9H14O3/c1-9(2)7(10)4-5-8(9)12-6-11-3/h4-5,8H,6H2,1-3H3. The lowest BCUT2D eigenvalue weighted by Crippen LogP contribution is -2.32. The Balaban J connectivity index is 2.56. The van der Waals surface area contributed by atoms with Crippen molar-refractivity contribution < 1.29 is 14.3 Å². The summed E-state index contributed by atoms with van der Waals surface area (Å²) in [6.45, 7) is 3.97. The Morgan fingerprint density at radius 3 is 2.67 bits per heavy atom. The van der Waals surface area contributed by atoms with E-state index in [1.54, 1.807) is 19.3 Å². The zero-order chi connectivity index (χ0) is 9.19. The average Bonchev–Trinajstić information content (AvgIpc) is 2.25. The van der Waals surface area contributed by atoms with E-state index in [0.717, 1.165) is 0 Å². The number of carbonyl (C=O) groups excluding carboxylic acids is 1. The highest BCUT2D eigenvalue weighted by atomic mass is 16.7. The molecule has 12 heavy (non-hydrogen) atoms. The first kappa shape index (κ1) is 9.42. The monoisotopic (exact) mass is 170 g/mol. The summed E-state index contributed by atoms with van der Waals surface area (Å²) >= 11 is 0. The zero-order valence-electron chi connectivity index (χ0n) is 7.66. The molecule has 0 saturated carbocycles. The van der Waals surface area contributed by atoms with Crippen LogP contribution in [0.25, 0.3) is 0 Å². The molecule has 3 heteroatoms. The van der Waals surface area contributed by atoms with Crippen LogP contribution >= 0.6 is 0 Å². The Labute approximate surface area is 72.4 Å². The molecule has 3 nitrogen and oxygen atoms in total. The number of allylic oxidation sites excluding steroid dienone is 1. The van der Waals surface area contributed by atoms with Gasteiger partial charge in [-0.15, -0.1) is 0 Å². The lowest BCUT2D eigenvalue weighted by Gasteiger charge is -2.24. The minimum atomic E-state index is -0.432. The number of rotatable bonds is 3. The maximum atomic E-state index is 11.3. The summed E-state index contributed by atoms with van der Waals surface area (Å²) in [6.07, 6.45) is 3.20. The van der Waals surface area contributed by atoms with Crippen LogP contribution in [-0.2, 0) is 14.3 Å². The molecule has 0 aromatic heterocycles. The highest BCUT2D eigenvalue weighted by molar-refractivity contribution is 5.97. The third-order valence-corrected chi connectivity index (χ3v) is 2.13. The molecule has 0 amide bonds. The second-order valence-corrected chi connectivity index (χ2v) is 3.44. The molecule has 0 N–H and O–H groups in total. The van der Waals surface area contributed by atoms with Crippen molar-refractivity contribution in [1.82, 2.24) is 0 Å². The van der Waals surface area contributed by atoms with Gasteiger partial charge in [0.2, 0.25) is 0 Å². The Morgan fingerprint density at radius 2 is 2.25 bits per heavy atom. The maximum absolute atomic E-state index is 11.3. The Morgan fingerprint density at radius 1 is 1.58 bits per heavy atom. The molecule has 1 rings (SSSR count). The van der Waals surface area contributed by atoms with Crippen molar-refractivity contribution in [2.75, 3.05) is 13.9 Å². The Hall–Kier alpha value is -0.670. The molecule has 0 aliphatic heterocycles. The van der Waals surface area contributed by atoms with E-state index < -0.39 is 5.41 Å². The Kier molecular flexibility index (Phi) is 2.65. The van der Waals surface area contributed by atoms with E-state index in [2.05, 4.69) is 0 Å². The first-order chi connectivity index (χ1) is 5.59. The van der Waals surface area contributed by atoms with Crippen LogP contribution in [0.1, 0.15) is 13.8 Å². The van der Waals surface area contributed by atoms with Gasteiger partial charge in [-0.2, -0.15) is 0 Å². The summed E-state index contributed by atoms with van der Waals surface area (Å²) in [5.41, 5.74) is -0.432. The molecule has 0 radical (unpaired) electrons. The van der Waals surface area contributed by atoms with Gasteiger partial charge in [0, 0.05) is 7.11 Å². The van der Waals surface area contributed by atoms with Crippen molar-refractivity contribution in [2.45, 2.75) is 20.0 Å². The largest absolute Gasteiger partial charge is 0.359 e. The number of methoxy groups -OCH3 is 1. The van der Waals surface area contributed by atoms with Crippen molar-refractivity contribution >= 4 is 5.78 Å². The molecule has 1 aliphatic carbocycles. The van der Waals surface area contributed by atoms with Crippen LogP contribution in [0.2, 0.25) is 0 Å². The van der Waals surface area contributed by atoms with Gasteiger partial charge in [-0.1, -0.05) is 6.08 Å². The SMILES string of the molecule is COCOC1C=CC(=O)C1(C)C. The number of ether oxygens (including phenoxy) is 2. The second kappa shape index (κ2) is 3.37. The predicted molar refractivity (Wildman–Crippen MR) is 44.7 cm³/mol. The molecular weight excluding hydrogens is 156 g/mol. The van der Waals surface area contributed by atoms with Gasteiger partial charge in [-0.25, -0.2) is 0 Å². The summed E-state index contributed by atoms with van der Waals surface area (Å²) in [7, 11) is 1.56. The summed E-state index contributed by atoms with van der Waals surface area (Å²) in [5.74, 6) is 0.114. The van der Waals surface area contributed by atoms with Crippen molar-refractivity contribution in [3.05, 3.63) is 12.2 Å². The Bertz CT molecular complexity index is 206. The molecule has 0 aromatic carbocycles. The van der Waals surface area contributed by atoms with Gasteiger partial charge in [0.25, 0.3) is 0 Å². The fourth-order valence-electron chi connectivity index (χ4n) is 1.18. The van der Waals surface area contributed by atoms with Gasteiger partial charge in [0.1, 0.15) is 6.79 Å². The van der Waals surface area contributed by atoms with Crippen LogP contribution in [-0.4, -0.2) is 25.8 Å². The maximum Gasteiger partial charge on any atom is 0.163 e. The third kappa shape index (κ3) is 1.57. The van der Waals surface area contributed by atoms with Crippen LogP contribution in [0.15, 0.2) is 12.2 Å².